The van der Waals surface area contributed by atoms with Crippen molar-refractivity contribution in [3.05, 3.63) is 12.2 Å². The van der Waals surface area contributed by atoms with E-state index >= 15 is 0 Å². The molecule has 0 aromatic rings. The van der Waals surface area contributed by atoms with E-state index in [0.717, 1.165) is 57.8 Å². The first-order valence-corrected chi connectivity index (χ1v) is 11.1. The molecule has 0 fully saturated rings. The van der Waals surface area contributed by atoms with Crippen LogP contribution in [0.2, 0.25) is 0 Å². The van der Waals surface area contributed by atoms with Crippen LogP contribution < -0.4 is 10.6 Å². The molecule has 2 amide bonds. The normalized spacial score (nSPS) is 11.6. The molecular weight excluding hydrogens is 356 g/mol. The van der Waals surface area contributed by atoms with Gasteiger partial charge in [0.2, 0.25) is 0 Å². The Morgan fingerprint density at radius 3 is 1.85 bits per heavy atom. The highest BCUT2D eigenvalue weighted by atomic mass is 32.2. The third kappa shape index (κ3) is 17.4. The van der Waals surface area contributed by atoms with Gasteiger partial charge in [0.25, 0.3) is 10.1 Å². The van der Waals surface area contributed by atoms with Crippen LogP contribution in [-0.2, 0) is 19.7 Å². The van der Waals surface area contributed by atoms with E-state index in [9.17, 15) is 18.0 Å². The lowest BCUT2D eigenvalue weighted by atomic mass is 10.1. The van der Waals surface area contributed by atoms with Crippen molar-refractivity contribution >= 4 is 21.9 Å². The van der Waals surface area contributed by atoms with Crippen molar-refractivity contribution in [3.8, 4) is 0 Å². The molecule has 0 radical (unpaired) electrons. The second-order valence-corrected chi connectivity index (χ2v) is 7.92. The molecule has 0 saturated carbocycles. The van der Waals surface area contributed by atoms with Crippen LogP contribution in [0.25, 0.3) is 0 Å². The summed E-state index contributed by atoms with van der Waals surface area (Å²) >= 11 is 0. The summed E-state index contributed by atoms with van der Waals surface area (Å²) in [6, 6.07) is 0. The van der Waals surface area contributed by atoms with Crippen molar-refractivity contribution in [2.75, 3.05) is 19.3 Å². The number of rotatable bonds is 15. The first-order valence-electron chi connectivity index (χ1n) is 9.47. The third-order valence-corrected chi connectivity index (χ3v) is 4.76. The topological polar surface area (TPSA) is 113 Å². The first-order chi connectivity index (χ1) is 12.4. The minimum atomic E-state index is -3.79. The second kappa shape index (κ2) is 15.8. The molecule has 0 rings (SSSR count). The number of hydrogen-bond acceptors (Lipinski definition) is 4. The van der Waals surface area contributed by atoms with Gasteiger partial charge in [-0.15, -0.1) is 0 Å². The van der Waals surface area contributed by atoms with Gasteiger partial charge >= 0.3 is 11.8 Å². The standard InChI is InChI=1S/C18H34N2O5S/c1-19-17(21)18(22)20-15-13-11-9-7-5-3-2-4-6-8-10-12-14-16-26(23,24)25/h5,7H,2-4,6,8-16H2,1H3,(H,19,21)(H,20,22)(H,23,24,25). The highest BCUT2D eigenvalue weighted by Gasteiger charge is 2.08. The van der Waals surface area contributed by atoms with Gasteiger partial charge in [-0.1, -0.05) is 44.3 Å². The maximum atomic E-state index is 11.2. The number of unbranched alkanes of at least 4 members (excludes halogenated alkanes) is 9. The summed E-state index contributed by atoms with van der Waals surface area (Å²) in [7, 11) is -2.36. The quantitative estimate of drug-likeness (QED) is 0.172. The van der Waals surface area contributed by atoms with Crippen molar-refractivity contribution in [1.29, 1.82) is 0 Å². The van der Waals surface area contributed by atoms with Gasteiger partial charge in [0, 0.05) is 13.6 Å². The lowest BCUT2D eigenvalue weighted by molar-refractivity contribution is -0.138. The Labute approximate surface area is 157 Å². The van der Waals surface area contributed by atoms with Gasteiger partial charge in [-0.3, -0.25) is 14.1 Å². The molecule has 152 valence electrons. The van der Waals surface area contributed by atoms with Gasteiger partial charge in [-0.25, -0.2) is 0 Å². The SMILES string of the molecule is CNC(=O)C(=O)NCCCCC=CCCCCCCCCCS(=O)(=O)O. The van der Waals surface area contributed by atoms with Crippen LogP contribution in [-0.4, -0.2) is 44.1 Å². The second-order valence-electron chi connectivity index (χ2n) is 6.35. The van der Waals surface area contributed by atoms with E-state index in [-0.39, 0.29) is 5.75 Å². The van der Waals surface area contributed by atoms with Gasteiger partial charge in [0.1, 0.15) is 0 Å². The Morgan fingerprint density at radius 1 is 0.808 bits per heavy atom. The van der Waals surface area contributed by atoms with Crippen molar-refractivity contribution in [2.45, 2.75) is 70.6 Å². The summed E-state index contributed by atoms with van der Waals surface area (Å²) in [6.45, 7) is 0.518. The highest BCUT2D eigenvalue weighted by Crippen LogP contribution is 2.09. The van der Waals surface area contributed by atoms with E-state index in [1.54, 1.807) is 0 Å². The number of likely N-dealkylation sites (N-methyl/N-ethyl adjacent to an activating group) is 1. The summed E-state index contributed by atoms with van der Waals surface area (Å²) in [4.78, 5) is 22.1. The summed E-state index contributed by atoms with van der Waals surface area (Å²) in [5, 5.41) is 4.85. The van der Waals surface area contributed by atoms with Crippen LogP contribution in [0.5, 0.6) is 0 Å². The van der Waals surface area contributed by atoms with Gasteiger partial charge < -0.3 is 10.6 Å². The molecule has 3 N–H and O–H groups in total. The van der Waals surface area contributed by atoms with Gasteiger partial charge in [-0.2, -0.15) is 8.42 Å². The number of amides is 2. The molecule has 7 nitrogen and oxygen atoms in total. The van der Waals surface area contributed by atoms with Gasteiger partial charge in [-0.05, 0) is 38.5 Å². The van der Waals surface area contributed by atoms with Gasteiger partial charge in [0.15, 0.2) is 0 Å². The number of carbonyl (C=O) groups is 2. The molecule has 0 aromatic carbocycles. The summed E-state index contributed by atoms with van der Waals surface area (Å²) in [6.07, 6.45) is 15.2. The molecule has 0 aliphatic rings. The number of allylic oxidation sites excluding steroid dienone is 2. The molecule has 0 bridgehead atoms. The molecule has 8 heteroatoms. The largest absolute Gasteiger partial charge is 0.351 e. The minimum Gasteiger partial charge on any atom is -0.351 e. The Hall–Kier alpha value is -1.41. The Balaban J connectivity index is 3.29. The zero-order chi connectivity index (χ0) is 19.7. The minimum absolute atomic E-state index is 0.127. The lowest BCUT2D eigenvalue weighted by Crippen LogP contribution is -2.38. The molecular formula is C18H34N2O5S. The monoisotopic (exact) mass is 390 g/mol. The van der Waals surface area contributed by atoms with E-state index in [0.29, 0.717) is 13.0 Å². The predicted molar refractivity (Wildman–Crippen MR) is 103 cm³/mol. The molecule has 0 aliphatic heterocycles. The zero-order valence-corrected chi connectivity index (χ0v) is 16.7. The predicted octanol–water partition coefficient (Wildman–Crippen LogP) is 2.58. The van der Waals surface area contributed by atoms with E-state index in [1.807, 2.05) is 0 Å². The average Bonchev–Trinajstić information content (AvgIpc) is 2.59. The van der Waals surface area contributed by atoms with E-state index < -0.39 is 21.9 Å². The van der Waals surface area contributed by atoms with Crippen LogP contribution in [0.4, 0.5) is 0 Å². The molecule has 0 aromatic heterocycles. The van der Waals surface area contributed by atoms with E-state index in [1.165, 1.54) is 13.5 Å². The van der Waals surface area contributed by atoms with E-state index in [4.69, 9.17) is 4.55 Å². The molecule has 26 heavy (non-hydrogen) atoms. The van der Waals surface area contributed by atoms with Crippen LogP contribution in [0.15, 0.2) is 12.2 Å². The molecule has 0 saturated heterocycles. The summed E-state index contributed by atoms with van der Waals surface area (Å²) in [5.41, 5.74) is 0. The Kier molecular flexibility index (Phi) is 15.0. The van der Waals surface area contributed by atoms with Crippen LogP contribution in [0.1, 0.15) is 70.6 Å². The fourth-order valence-electron chi connectivity index (χ4n) is 2.45. The van der Waals surface area contributed by atoms with Crippen LogP contribution in [0, 0.1) is 0 Å². The van der Waals surface area contributed by atoms with Crippen molar-refractivity contribution in [2.24, 2.45) is 0 Å². The third-order valence-electron chi connectivity index (χ3n) is 3.96. The molecule has 0 atom stereocenters. The number of carbonyl (C=O) groups excluding carboxylic acids is 2. The van der Waals surface area contributed by atoms with E-state index in [2.05, 4.69) is 22.8 Å². The molecule has 0 unspecified atom stereocenters. The molecule has 0 spiro atoms. The number of hydrogen-bond donors (Lipinski definition) is 3. The van der Waals surface area contributed by atoms with Crippen LogP contribution >= 0.6 is 0 Å². The van der Waals surface area contributed by atoms with Crippen molar-refractivity contribution < 1.29 is 22.6 Å². The van der Waals surface area contributed by atoms with Gasteiger partial charge in [0.05, 0.1) is 5.75 Å². The highest BCUT2D eigenvalue weighted by molar-refractivity contribution is 7.85. The molecule has 0 heterocycles. The van der Waals surface area contributed by atoms with Crippen molar-refractivity contribution in [1.82, 2.24) is 10.6 Å². The first kappa shape index (κ1) is 24.6. The summed E-state index contributed by atoms with van der Waals surface area (Å²) in [5.74, 6) is -1.32. The maximum Gasteiger partial charge on any atom is 0.309 e. The number of nitrogens with one attached hydrogen (secondary N) is 2. The smallest absolute Gasteiger partial charge is 0.309 e. The average molecular weight is 391 g/mol. The molecule has 0 aliphatic carbocycles. The fourth-order valence-corrected chi connectivity index (χ4v) is 3.02. The van der Waals surface area contributed by atoms with Crippen LogP contribution in [0.3, 0.4) is 0 Å². The zero-order valence-electron chi connectivity index (χ0n) is 15.8. The fraction of sp³-hybridized carbons (Fsp3) is 0.778. The van der Waals surface area contributed by atoms with Crippen molar-refractivity contribution in [3.63, 3.8) is 0 Å². The maximum absolute atomic E-state index is 11.2. The lowest BCUT2D eigenvalue weighted by Gasteiger charge is -2.02. The summed E-state index contributed by atoms with van der Waals surface area (Å²) < 4.78 is 29.7. The Bertz CT molecular complexity index is 518. The Morgan fingerprint density at radius 2 is 1.31 bits per heavy atom.